The van der Waals surface area contributed by atoms with Crippen molar-refractivity contribution in [2.45, 2.75) is 12.8 Å². The van der Waals surface area contributed by atoms with Crippen molar-refractivity contribution in [2.75, 3.05) is 57.4 Å². The van der Waals surface area contributed by atoms with E-state index in [9.17, 15) is 4.79 Å². The maximum atomic E-state index is 12.2. The van der Waals surface area contributed by atoms with Crippen molar-refractivity contribution in [2.24, 2.45) is 0 Å². The Bertz CT molecular complexity index is 621. The highest BCUT2D eigenvalue weighted by atomic mass is 32.1. The average Bonchev–Trinajstić information content (AvgIpc) is 2.67. The van der Waals surface area contributed by atoms with Gasteiger partial charge < -0.3 is 19.9 Å². The summed E-state index contributed by atoms with van der Waals surface area (Å²) in [6.07, 6.45) is 2.15. The molecule has 8 heteroatoms. The van der Waals surface area contributed by atoms with Crippen LogP contribution in [0.3, 0.4) is 0 Å². The van der Waals surface area contributed by atoms with Crippen LogP contribution in [0, 0.1) is 0 Å². The van der Waals surface area contributed by atoms with E-state index in [0.29, 0.717) is 11.7 Å². The Morgan fingerprint density at radius 3 is 2.88 bits per heavy atom. The predicted molar refractivity (Wildman–Crippen MR) is 105 cm³/mol. The van der Waals surface area contributed by atoms with Gasteiger partial charge in [-0.2, -0.15) is 0 Å². The van der Waals surface area contributed by atoms with Gasteiger partial charge in [-0.15, -0.1) is 0 Å². The van der Waals surface area contributed by atoms with E-state index in [4.69, 9.17) is 17.0 Å². The van der Waals surface area contributed by atoms with Gasteiger partial charge in [-0.25, -0.2) is 0 Å². The summed E-state index contributed by atoms with van der Waals surface area (Å²) in [4.78, 5) is 15.9. The second-order valence-corrected chi connectivity index (χ2v) is 7.10. The number of nitrogens with zero attached hydrogens (tertiary/aromatic N) is 1. The third-order valence-electron chi connectivity index (χ3n) is 4.82. The molecule has 142 valence electrons. The topological polar surface area (TPSA) is 70.1 Å². The van der Waals surface area contributed by atoms with Gasteiger partial charge in [-0.1, -0.05) is 18.2 Å². The van der Waals surface area contributed by atoms with Gasteiger partial charge in [-0.3, -0.25) is 15.6 Å². The van der Waals surface area contributed by atoms with Gasteiger partial charge >= 0.3 is 0 Å². The number of nitrogens with one attached hydrogen (secondary N) is 4. The first-order chi connectivity index (χ1) is 12.7. The first kappa shape index (κ1) is 18.9. The molecular formula is C18H28N5O2S+. The molecule has 1 fully saturated rings. The molecule has 1 aromatic rings. The van der Waals surface area contributed by atoms with Crippen molar-refractivity contribution in [1.82, 2.24) is 16.2 Å². The Hall–Kier alpha value is -1.90. The van der Waals surface area contributed by atoms with Gasteiger partial charge in [0.2, 0.25) is 0 Å². The molecule has 0 bridgehead atoms. The molecule has 7 nitrogen and oxygen atoms in total. The highest BCUT2D eigenvalue weighted by molar-refractivity contribution is 7.80. The third-order valence-corrected chi connectivity index (χ3v) is 5.07. The number of hydrogen-bond donors (Lipinski definition) is 4. The number of carbonyl (C=O) groups is 1. The fourth-order valence-electron chi connectivity index (χ4n) is 3.42. The molecule has 3 rings (SSSR count). The zero-order valence-corrected chi connectivity index (χ0v) is 15.9. The number of ether oxygens (including phenoxy) is 1. The van der Waals surface area contributed by atoms with E-state index in [1.165, 1.54) is 10.5 Å². The molecule has 0 atom stereocenters. The normalized spacial score (nSPS) is 17.3. The summed E-state index contributed by atoms with van der Waals surface area (Å²) in [5, 5.41) is 3.58. The molecule has 0 aliphatic carbocycles. The van der Waals surface area contributed by atoms with Crippen molar-refractivity contribution in [3.63, 3.8) is 0 Å². The minimum absolute atomic E-state index is 0.0929. The van der Waals surface area contributed by atoms with Crippen LogP contribution in [0.25, 0.3) is 0 Å². The second kappa shape index (κ2) is 9.70. The lowest BCUT2D eigenvalue weighted by Crippen LogP contribution is -3.14. The molecule has 4 N–H and O–H groups in total. The Kier molecular flexibility index (Phi) is 7.04. The Labute approximate surface area is 160 Å². The highest BCUT2D eigenvalue weighted by Gasteiger charge is 2.18. The number of para-hydroxylation sites is 1. The highest BCUT2D eigenvalue weighted by Crippen LogP contribution is 2.25. The van der Waals surface area contributed by atoms with Crippen molar-refractivity contribution in [3.05, 3.63) is 29.8 Å². The molecule has 1 aromatic carbocycles. The minimum Gasteiger partial charge on any atom is -0.370 e. The van der Waals surface area contributed by atoms with Crippen molar-refractivity contribution >= 4 is 28.9 Å². The number of fused-ring (bicyclic) bond motifs is 1. The van der Waals surface area contributed by atoms with Gasteiger partial charge in [0.15, 0.2) is 5.11 Å². The number of aryl methyl sites for hydroxylation is 1. The van der Waals surface area contributed by atoms with Crippen molar-refractivity contribution in [1.29, 1.82) is 0 Å². The Balaban J connectivity index is 1.34. The number of benzene rings is 1. The maximum Gasteiger partial charge on any atom is 0.257 e. The number of thiocarbonyl (C=S) groups is 1. The fourth-order valence-corrected chi connectivity index (χ4v) is 3.58. The number of amides is 1. The number of anilines is 1. The van der Waals surface area contributed by atoms with Crippen LogP contribution < -0.4 is 26.0 Å². The van der Waals surface area contributed by atoms with Gasteiger partial charge in [-0.05, 0) is 36.7 Å². The van der Waals surface area contributed by atoms with E-state index >= 15 is 0 Å². The number of morpholine rings is 1. The molecule has 26 heavy (non-hydrogen) atoms. The average molecular weight is 379 g/mol. The molecule has 0 aromatic heterocycles. The molecule has 0 unspecified atom stereocenters. The van der Waals surface area contributed by atoms with E-state index in [0.717, 1.165) is 64.5 Å². The van der Waals surface area contributed by atoms with Crippen LogP contribution in [0.1, 0.15) is 12.0 Å². The second-order valence-electron chi connectivity index (χ2n) is 6.70. The summed E-state index contributed by atoms with van der Waals surface area (Å²) in [7, 11) is 0. The van der Waals surface area contributed by atoms with Crippen LogP contribution in [-0.2, 0) is 16.0 Å². The molecule has 0 spiro atoms. The molecule has 0 saturated carbocycles. The first-order valence-corrected chi connectivity index (χ1v) is 9.70. The molecule has 2 aliphatic rings. The lowest BCUT2D eigenvalue weighted by molar-refractivity contribution is -0.906. The van der Waals surface area contributed by atoms with E-state index in [1.54, 1.807) is 0 Å². The minimum atomic E-state index is -0.0929. The first-order valence-electron chi connectivity index (χ1n) is 9.29. The SMILES string of the molecule is O=C(CN1CCCc2ccccc21)NNC(=S)NCC[NH+]1CCOCC1. The molecule has 0 radical (unpaired) electrons. The summed E-state index contributed by atoms with van der Waals surface area (Å²) in [5.41, 5.74) is 7.95. The maximum absolute atomic E-state index is 12.2. The standard InChI is InChI=1S/C18H27N5O2S/c24-17(14-23-8-3-5-15-4-1-2-6-16(15)23)20-21-18(26)19-7-9-22-10-12-25-13-11-22/h1-2,4,6H,3,5,7-14H2,(H,20,24)(H2,19,21,26)/p+1. The van der Waals surface area contributed by atoms with Gasteiger partial charge in [0.1, 0.15) is 13.1 Å². The Morgan fingerprint density at radius 1 is 1.23 bits per heavy atom. The van der Waals surface area contributed by atoms with Crippen LogP contribution in [0.15, 0.2) is 24.3 Å². The van der Waals surface area contributed by atoms with Crippen LogP contribution in [-0.4, -0.2) is 63.5 Å². The summed E-state index contributed by atoms with van der Waals surface area (Å²) in [5.74, 6) is -0.0929. The number of rotatable bonds is 5. The fraction of sp³-hybridized carbons (Fsp3) is 0.556. The number of hydrazine groups is 1. The lowest BCUT2D eigenvalue weighted by atomic mass is 10.0. The predicted octanol–water partition coefficient (Wildman–Crippen LogP) is -1.15. The van der Waals surface area contributed by atoms with Crippen molar-refractivity contribution < 1.29 is 14.4 Å². The molecule has 1 amide bonds. The van der Waals surface area contributed by atoms with Crippen LogP contribution in [0.5, 0.6) is 0 Å². The third kappa shape index (κ3) is 5.55. The van der Waals surface area contributed by atoms with Crippen LogP contribution in [0.4, 0.5) is 5.69 Å². The Morgan fingerprint density at radius 2 is 2.04 bits per heavy atom. The van der Waals surface area contributed by atoms with Gasteiger partial charge in [0.05, 0.1) is 32.8 Å². The molecule has 1 saturated heterocycles. The summed E-state index contributed by atoms with van der Waals surface area (Å²) < 4.78 is 5.35. The zero-order chi connectivity index (χ0) is 18.2. The quantitative estimate of drug-likeness (QED) is 0.383. The number of carbonyl (C=O) groups excluding carboxylic acids is 1. The smallest absolute Gasteiger partial charge is 0.257 e. The lowest BCUT2D eigenvalue weighted by Gasteiger charge is -2.30. The van der Waals surface area contributed by atoms with Gasteiger partial charge in [0, 0.05) is 12.2 Å². The summed E-state index contributed by atoms with van der Waals surface area (Å²) >= 11 is 5.22. The van der Waals surface area contributed by atoms with Crippen LogP contribution >= 0.6 is 12.2 Å². The molecular weight excluding hydrogens is 350 g/mol. The molecule has 2 heterocycles. The van der Waals surface area contributed by atoms with Crippen molar-refractivity contribution in [3.8, 4) is 0 Å². The monoisotopic (exact) mass is 378 g/mol. The summed E-state index contributed by atoms with van der Waals surface area (Å²) in [6.45, 7) is 6.72. The summed E-state index contributed by atoms with van der Waals surface area (Å²) in [6, 6.07) is 8.28. The van der Waals surface area contributed by atoms with E-state index in [-0.39, 0.29) is 5.91 Å². The van der Waals surface area contributed by atoms with Gasteiger partial charge in [0.25, 0.3) is 5.91 Å². The molecule has 2 aliphatic heterocycles. The van der Waals surface area contributed by atoms with E-state index in [1.807, 2.05) is 12.1 Å². The van der Waals surface area contributed by atoms with Crippen LogP contribution in [0.2, 0.25) is 0 Å². The van der Waals surface area contributed by atoms with E-state index < -0.39 is 0 Å². The largest absolute Gasteiger partial charge is 0.370 e. The number of quaternary nitrogens is 1. The number of hydrogen-bond acceptors (Lipinski definition) is 4. The van der Waals surface area contributed by atoms with E-state index in [2.05, 4.69) is 33.2 Å². The zero-order valence-electron chi connectivity index (χ0n) is 15.1.